The number of carboxylic acids is 1. The minimum atomic E-state index is -0.934. The molecule has 1 aromatic carbocycles. The summed E-state index contributed by atoms with van der Waals surface area (Å²) in [6, 6.07) is 6.02. The summed E-state index contributed by atoms with van der Waals surface area (Å²) < 4.78 is 0. The number of rotatable bonds is 2. The van der Waals surface area contributed by atoms with E-state index >= 15 is 0 Å². The summed E-state index contributed by atoms with van der Waals surface area (Å²) in [5, 5.41) is 8.98. The van der Waals surface area contributed by atoms with E-state index in [0.29, 0.717) is 5.02 Å². The molecule has 15 heavy (non-hydrogen) atoms. The van der Waals surface area contributed by atoms with Crippen LogP contribution in [0.5, 0.6) is 0 Å². The quantitative estimate of drug-likeness (QED) is 0.786. The molecular formula is C10H12ClNO3. The summed E-state index contributed by atoms with van der Waals surface area (Å²) in [4.78, 5) is 21.1. The molecule has 1 N–H and O–H groups in total. The third-order valence-corrected chi connectivity index (χ3v) is 1.55. The van der Waals surface area contributed by atoms with Crippen molar-refractivity contribution in [3.8, 4) is 0 Å². The lowest BCUT2D eigenvalue weighted by Gasteiger charge is -1.93. The molecule has 0 fully saturated rings. The van der Waals surface area contributed by atoms with Gasteiger partial charge in [-0.1, -0.05) is 11.6 Å². The van der Waals surface area contributed by atoms with Crippen LogP contribution in [0.4, 0.5) is 0 Å². The van der Waals surface area contributed by atoms with Crippen LogP contribution < -0.4 is 0 Å². The first-order chi connectivity index (χ1) is 6.97. The molecule has 0 aliphatic carbocycles. The minimum Gasteiger partial charge on any atom is -0.478 e. The number of amides is 1. The monoisotopic (exact) mass is 229 g/mol. The molecule has 1 aromatic rings. The summed E-state index contributed by atoms with van der Waals surface area (Å²) in [6.45, 7) is 0. The van der Waals surface area contributed by atoms with Gasteiger partial charge in [0.1, 0.15) is 0 Å². The van der Waals surface area contributed by atoms with Crippen molar-refractivity contribution < 1.29 is 14.7 Å². The lowest BCUT2D eigenvalue weighted by molar-refractivity contribution is -0.115. The lowest BCUT2D eigenvalue weighted by Crippen LogP contribution is -2.06. The fourth-order valence-corrected chi connectivity index (χ4v) is 0.718. The van der Waals surface area contributed by atoms with Crippen molar-refractivity contribution >= 4 is 24.0 Å². The molecule has 4 nitrogen and oxygen atoms in total. The van der Waals surface area contributed by atoms with E-state index in [0.717, 1.165) is 6.41 Å². The van der Waals surface area contributed by atoms with Gasteiger partial charge in [-0.3, -0.25) is 4.79 Å². The van der Waals surface area contributed by atoms with E-state index in [-0.39, 0.29) is 5.56 Å². The molecular weight excluding hydrogens is 218 g/mol. The van der Waals surface area contributed by atoms with Crippen molar-refractivity contribution in [3.05, 3.63) is 34.9 Å². The van der Waals surface area contributed by atoms with E-state index in [1.54, 1.807) is 26.2 Å². The zero-order valence-electron chi connectivity index (χ0n) is 8.48. The van der Waals surface area contributed by atoms with E-state index in [9.17, 15) is 9.59 Å². The average Bonchev–Trinajstić information content (AvgIpc) is 2.19. The van der Waals surface area contributed by atoms with Gasteiger partial charge in [0, 0.05) is 19.1 Å². The van der Waals surface area contributed by atoms with Crippen LogP contribution in [0.3, 0.4) is 0 Å². The highest BCUT2D eigenvalue weighted by atomic mass is 35.5. The Morgan fingerprint density at radius 3 is 2.00 bits per heavy atom. The van der Waals surface area contributed by atoms with E-state index in [1.165, 1.54) is 17.0 Å². The minimum absolute atomic E-state index is 0.254. The topological polar surface area (TPSA) is 57.6 Å². The molecule has 5 heteroatoms. The molecule has 0 unspecified atom stereocenters. The maximum Gasteiger partial charge on any atom is 0.335 e. The summed E-state index contributed by atoms with van der Waals surface area (Å²) >= 11 is 5.52. The van der Waals surface area contributed by atoms with Crippen LogP contribution in [0, 0.1) is 0 Å². The maximum atomic E-state index is 10.3. The van der Waals surface area contributed by atoms with E-state index < -0.39 is 5.97 Å². The maximum absolute atomic E-state index is 10.3. The van der Waals surface area contributed by atoms with Crippen LogP contribution in [0.15, 0.2) is 24.3 Å². The second-order valence-electron chi connectivity index (χ2n) is 2.88. The van der Waals surface area contributed by atoms with Crippen molar-refractivity contribution in [1.29, 1.82) is 0 Å². The second kappa shape index (κ2) is 6.84. The molecule has 0 saturated carbocycles. The van der Waals surface area contributed by atoms with Crippen molar-refractivity contribution in [2.24, 2.45) is 0 Å². The Hall–Kier alpha value is -1.55. The van der Waals surface area contributed by atoms with Crippen molar-refractivity contribution in [1.82, 2.24) is 4.90 Å². The summed E-state index contributed by atoms with van der Waals surface area (Å²) in [5.41, 5.74) is 0.254. The van der Waals surface area contributed by atoms with Crippen molar-refractivity contribution in [2.75, 3.05) is 14.1 Å². The zero-order chi connectivity index (χ0) is 11.8. The molecule has 0 spiro atoms. The molecule has 0 radical (unpaired) electrons. The van der Waals surface area contributed by atoms with Gasteiger partial charge in [0.05, 0.1) is 5.56 Å². The number of carboxylic acid groups (broad SMARTS) is 1. The summed E-state index contributed by atoms with van der Waals surface area (Å²) in [7, 11) is 3.38. The zero-order valence-corrected chi connectivity index (χ0v) is 9.23. The summed E-state index contributed by atoms with van der Waals surface area (Å²) in [6.07, 6.45) is 0.750. The Labute approximate surface area is 93.1 Å². The Morgan fingerprint density at radius 1 is 1.33 bits per heavy atom. The molecule has 0 aliphatic rings. The van der Waals surface area contributed by atoms with Crippen LogP contribution in [0.2, 0.25) is 5.02 Å². The van der Waals surface area contributed by atoms with Gasteiger partial charge in [0.25, 0.3) is 0 Å². The smallest absolute Gasteiger partial charge is 0.335 e. The number of carbonyl (C=O) groups excluding carboxylic acids is 1. The number of benzene rings is 1. The number of carbonyl (C=O) groups is 2. The molecule has 1 amide bonds. The first-order valence-electron chi connectivity index (χ1n) is 4.08. The molecule has 1 rings (SSSR count). The van der Waals surface area contributed by atoms with Gasteiger partial charge in [-0.15, -0.1) is 0 Å². The Morgan fingerprint density at radius 2 is 1.73 bits per heavy atom. The largest absolute Gasteiger partial charge is 0.478 e. The molecule has 0 aliphatic heterocycles. The van der Waals surface area contributed by atoms with Gasteiger partial charge in [-0.25, -0.2) is 4.79 Å². The van der Waals surface area contributed by atoms with E-state index in [2.05, 4.69) is 0 Å². The van der Waals surface area contributed by atoms with Crippen LogP contribution in [-0.4, -0.2) is 36.5 Å². The van der Waals surface area contributed by atoms with E-state index in [1.807, 2.05) is 0 Å². The Kier molecular flexibility index (Phi) is 6.13. The molecule has 0 saturated heterocycles. The Bertz CT molecular complexity index is 322. The van der Waals surface area contributed by atoms with Crippen LogP contribution in [0.25, 0.3) is 0 Å². The molecule has 0 atom stereocenters. The molecule has 0 aromatic heterocycles. The summed E-state index contributed by atoms with van der Waals surface area (Å²) in [5.74, 6) is -0.934. The van der Waals surface area contributed by atoms with Crippen LogP contribution in [-0.2, 0) is 4.79 Å². The third-order valence-electron chi connectivity index (χ3n) is 1.30. The number of hydrogen-bond acceptors (Lipinski definition) is 2. The standard InChI is InChI=1S/C7H5ClO2.C3H7NO/c8-6-3-1-5(2-4-6)7(9)10;1-4(2)3-5/h1-4H,(H,9,10);3H,1-2H3. The number of halogens is 1. The van der Waals surface area contributed by atoms with Gasteiger partial charge < -0.3 is 10.0 Å². The van der Waals surface area contributed by atoms with Gasteiger partial charge >= 0.3 is 5.97 Å². The molecule has 0 bridgehead atoms. The van der Waals surface area contributed by atoms with Gasteiger partial charge in [-0.2, -0.15) is 0 Å². The number of aromatic carboxylic acids is 1. The Balaban J connectivity index is 0.000000336. The molecule has 82 valence electrons. The second-order valence-corrected chi connectivity index (χ2v) is 3.32. The average molecular weight is 230 g/mol. The van der Waals surface area contributed by atoms with Gasteiger partial charge in [-0.05, 0) is 24.3 Å². The fourth-order valence-electron chi connectivity index (χ4n) is 0.592. The fraction of sp³-hybridized carbons (Fsp3) is 0.200. The number of nitrogens with zero attached hydrogens (tertiary/aromatic N) is 1. The predicted octanol–water partition coefficient (Wildman–Crippen LogP) is 1.74. The van der Waals surface area contributed by atoms with Crippen molar-refractivity contribution in [3.63, 3.8) is 0 Å². The SMILES string of the molecule is CN(C)C=O.O=C(O)c1ccc(Cl)cc1. The third kappa shape index (κ3) is 6.51. The first kappa shape index (κ1) is 13.5. The van der Waals surface area contributed by atoms with Gasteiger partial charge in [0.2, 0.25) is 6.41 Å². The lowest BCUT2D eigenvalue weighted by atomic mass is 10.2. The number of hydrogen-bond donors (Lipinski definition) is 1. The van der Waals surface area contributed by atoms with E-state index in [4.69, 9.17) is 16.7 Å². The van der Waals surface area contributed by atoms with Crippen LogP contribution in [0.1, 0.15) is 10.4 Å². The predicted molar refractivity (Wildman–Crippen MR) is 58.2 cm³/mol. The molecule has 0 heterocycles. The highest BCUT2D eigenvalue weighted by Crippen LogP contribution is 2.08. The van der Waals surface area contributed by atoms with Gasteiger partial charge in [0.15, 0.2) is 0 Å². The normalized spacial score (nSPS) is 8.47. The van der Waals surface area contributed by atoms with Crippen LogP contribution >= 0.6 is 11.6 Å². The first-order valence-corrected chi connectivity index (χ1v) is 4.45. The highest BCUT2D eigenvalue weighted by molar-refractivity contribution is 6.30. The van der Waals surface area contributed by atoms with Crippen molar-refractivity contribution in [2.45, 2.75) is 0 Å². The highest BCUT2D eigenvalue weighted by Gasteiger charge is 1.99.